The molecular weight excluding hydrogens is 358 g/mol. The summed E-state index contributed by atoms with van der Waals surface area (Å²) in [5.41, 5.74) is 2.80. The van der Waals surface area contributed by atoms with E-state index in [-0.39, 0.29) is 9.92 Å². The molecule has 0 saturated heterocycles. The van der Waals surface area contributed by atoms with Crippen molar-refractivity contribution in [2.24, 2.45) is 0 Å². The number of carbonyl (C=O) groups is 1. The topological polar surface area (TPSA) is 63.2 Å². The Bertz CT molecular complexity index is 1010. The molecule has 1 amide bonds. The number of hydrogen-bond acceptors (Lipinski definition) is 3. The molecule has 0 unspecified atom stereocenters. The Morgan fingerprint density at radius 1 is 0.778 bits per heavy atom. The lowest BCUT2D eigenvalue weighted by atomic mass is 9.99. The van der Waals surface area contributed by atoms with E-state index in [1.54, 1.807) is 24.3 Å². The minimum absolute atomic E-state index is 0.127. The number of benzene rings is 3. The van der Waals surface area contributed by atoms with Gasteiger partial charge in [-0.25, -0.2) is 8.42 Å². The number of carbonyl (C=O) groups excluding carboxylic acids is 1. The maximum atomic E-state index is 13.3. The summed E-state index contributed by atoms with van der Waals surface area (Å²) in [6.45, 7) is 1.89. The molecule has 27 heavy (non-hydrogen) atoms. The van der Waals surface area contributed by atoms with E-state index in [4.69, 9.17) is 0 Å². The van der Waals surface area contributed by atoms with E-state index in [1.165, 1.54) is 0 Å². The van der Waals surface area contributed by atoms with Crippen LogP contribution >= 0.6 is 0 Å². The zero-order chi connectivity index (χ0) is 19.3. The molecule has 3 aromatic rings. The summed E-state index contributed by atoms with van der Waals surface area (Å²) in [5, 5.41) is 2.30. The third-order valence-electron chi connectivity index (χ3n) is 4.14. The molecule has 4 nitrogen and oxygen atoms in total. The van der Waals surface area contributed by atoms with Crippen molar-refractivity contribution in [1.29, 1.82) is 0 Å². The van der Waals surface area contributed by atoms with Gasteiger partial charge in [0.15, 0.2) is 0 Å². The zero-order valence-corrected chi connectivity index (χ0v) is 15.6. The number of amides is 1. The molecule has 1 N–H and O–H groups in total. The van der Waals surface area contributed by atoms with Crippen molar-refractivity contribution in [3.63, 3.8) is 0 Å². The first-order valence-corrected chi connectivity index (χ1v) is 9.89. The fourth-order valence-electron chi connectivity index (χ4n) is 2.81. The number of nitrogens with one attached hydrogen (secondary N) is 1. The highest BCUT2D eigenvalue weighted by atomic mass is 32.2. The van der Waals surface area contributed by atoms with Gasteiger partial charge in [-0.1, -0.05) is 78.4 Å². The molecule has 0 bridgehead atoms. The van der Waals surface area contributed by atoms with E-state index in [0.717, 1.165) is 5.56 Å². The molecule has 0 radical (unpaired) electrons. The van der Waals surface area contributed by atoms with Gasteiger partial charge in [0.2, 0.25) is 16.2 Å². The fourth-order valence-corrected chi connectivity index (χ4v) is 4.25. The first-order chi connectivity index (χ1) is 13.0. The maximum Gasteiger partial charge on any atom is 0.222 e. The first-order valence-electron chi connectivity index (χ1n) is 8.41. The van der Waals surface area contributed by atoms with Crippen LogP contribution in [-0.4, -0.2) is 14.8 Å². The minimum Gasteiger partial charge on any atom is -0.318 e. The minimum atomic E-state index is -3.94. The van der Waals surface area contributed by atoms with Crippen LogP contribution in [0.4, 0.5) is 0 Å². The van der Waals surface area contributed by atoms with Crippen molar-refractivity contribution in [1.82, 2.24) is 5.32 Å². The van der Waals surface area contributed by atoms with Crippen molar-refractivity contribution in [2.45, 2.75) is 11.8 Å². The molecule has 3 aromatic carbocycles. The maximum absolute atomic E-state index is 13.3. The summed E-state index contributed by atoms with van der Waals surface area (Å²) in [7, 11) is -3.94. The molecule has 0 aliphatic heterocycles. The Hall–Kier alpha value is -3.18. The second-order valence-corrected chi connectivity index (χ2v) is 7.90. The Morgan fingerprint density at radius 3 is 1.70 bits per heavy atom. The van der Waals surface area contributed by atoms with Crippen LogP contribution in [0.2, 0.25) is 0 Å². The average Bonchev–Trinajstić information content (AvgIpc) is 2.69. The number of sulfone groups is 1. The van der Waals surface area contributed by atoms with Crippen LogP contribution < -0.4 is 5.32 Å². The predicted octanol–water partition coefficient (Wildman–Crippen LogP) is 3.93. The molecule has 0 heterocycles. The molecule has 0 saturated carbocycles. The zero-order valence-electron chi connectivity index (χ0n) is 14.8. The molecule has 0 spiro atoms. The van der Waals surface area contributed by atoms with Crippen molar-refractivity contribution in [3.8, 4) is 0 Å². The quantitative estimate of drug-likeness (QED) is 0.662. The lowest BCUT2D eigenvalue weighted by molar-refractivity contribution is -0.108. The highest BCUT2D eigenvalue weighted by Crippen LogP contribution is 2.31. The van der Waals surface area contributed by atoms with Gasteiger partial charge in [-0.05, 0) is 30.2 Å². The second-order valence-electron chi connectivity index (χ2n) is 6.01. The largest absolute Gasteiger partial charge is 0.318 e. The SMILES string of the molecule is Cc1ccc(S(=O)(=O)C(NC=O)=C(c2ccccc2)c2ccccc2)cc1. The molecule has 3 rings (SSSR count). The smallest absolute Gasteiger partial charge is 0.222 e. The van der Waals surface area contributed by atoms with Gasteiger partial charge in [0.25, 0.3) is 0 Å². The van der Waals surface area contributed by atoms with Gasteiger partial charge in [0.1, 0.15) is 5.03 Å². The second kappa shape index (κ2) is 8.01. The van der Waals surface area contributed by atoms with Gasteiger partial charge in [-0.2, -0.15) is 0 Å². The molecule has 0 aromatic heterocycles. The monoisotopic (exact) mass is 377 g/mol. The van der Waals surface area contributed by atoms with Crippen molar-refractivity contribution in [2.75, 3.05) is 0 Å². The lowest BCUT2D eigenvalue weighted by Gasteiger charge is -2.16. The van der Waals surface area contributed by atoms with Gasteiger partial charge < -0.3 is 5.32 Å². The molecule has 0 fully saturated rings. The Morgan fingerprint density at radius 2 is 1.26 bits per heavy atom. The summed E-state index contributed by atoms with van der Waals surface area (Å²) in [6, 6.07) is 24.9. The van der Waals surface area contributed by atoms with Gasteiger partial charge >= 0.3 is 0 Å². The Kier molecular flexibility index (Phi) is 5.52. The van der Waals surface area contributed by atoms with Crippen molar-refractivity contribution >= 4 is 21.8 Å². The summed E-state index contributed by atoms with van der Waals surface area (Å²) in [4.78, 5) is 11.4. The van der Waals surface area contributed by atoms with E-state index in [9.17, 15) is 13.2 Å². The van der Waals surface area contributed by atoms with E-state index in [0.29, 0.717) is 23.1 Å². The van der Waals surface area contributed by atoms with Gasteiger partial charge in [-0.3, -0.25) is 4.79 Å². The van der Waals surface area contributed by atoms with Crippen LogP contribution in [0.1, 0.15) is 16.7 Å². The summed E-state index contributed by atoms with van der Waals surface area (Å²) in [6.07, 6.45) is 0.396. The first kappa shape index (κ1) is 18.6. The highest BCUT2D eigenvalue weighted by Gasteiger charge is 2.26. The lowest BCUT2D eigenvalue weighted by Crippen LogP contribution is -2.22. The molecule has 0 atom stereocenters. The third kappa shape index (κ3) is 3.99. The standard InChI is InChI=1S/C22H19NO3S/c1-17-12-14-20(15-13-17)27(25,26)22(23-16-24)21(18-8-4-2-5-9-18)19-10-6-3-7-11-19/h2-16H,1H3,(H,23,24). The van der Waals surface area contributed by atoms with E-state index in [1.807, 2.05) is 67.6 Å². The van der Waals surface area contributed by atoms with Crippen LogP contribution in [0.25, 0.3) is 5.57 Å². The summed E-state index contributed by atoms with van der Waals surface area (Å²) >= 11 is 0. The Labute approximate surface area is 159 Å². The predicted molar refractivity (Wildman–Crippen MR) is 106 cm³/mol. The van der Waals surface area contributed by atoms with E-state index >= 15 is 0 Å². The average molecular weight is 377 g/mol. The summed E-state index contributed by atoms with van der Waals surface area (Å²) in [5.74, 6) is 0. The van der Waals surface area contributed by atoms with Gasteiger partial charge in [0.05, 0.1) is 4.90 Å². The van der Waals surface area contributed by atoms with Crippen LogP contribution in [0.5, 0.6) is 0 Å². The number of hydrogen-bond donors (Lipinski definition) is 1. The van der Waals surface area contributed by atoms with Crippen molar-refractivity contribution in [3.05, 3.63) is 107 Å². The van der Waals surface area contributed by atoms with Crippen LogP contribution in [0, 0.1) is 6.92 Å². The normalized spacial score (nSPS) is 10.9. The third-order valence-corrected chi connectivity index (χ3v) is 5.89. The van der Waals surface area contributed by atoms with E-state index < -0.39 is 9.84 Å². The molecule has 5 heteroatoms. The van der Waals surface area contributed by atoms with Gasteiger partial charge in [0, 0.05) is 5.57 Å². The van der Waals surface area contributed by atoms with E-state index in [2.05, 4.69) is 5.32 Å². The van der Waals surface area contributed by atoms with Gasteiger partial charge in [-0.15, -0.1) is 0 Å². The number of rotatable bonds is 6. The van der Waals surface area contributed by atoms with Crippen LogP contribution in [0.15, 0.2) is 94.9 Å². The Balaban J connectivity index is 2.33. The van der Waals surface area contributed by atoms with Crippen LogP contribution in [-0.2, 0) is 14.6 Å². The molecule has 136 valence electrons. The molecule has 0 aliphatic rings. The summed E-state index contributed by atoms with van der Waals surface area (Å²) < 4.78 is 26.7. The number of aryl methyl sites for hydroxylation is 1. The van der Waals surface area contributed by atoms with Crippen LogP contribution in [0.3, 0.4) is 0 Å². The van der Waals surface area contributed by atoms with Crippen molar-refractivity contribution < 1.29 is 13.2 Å². The molecule has 0 aliphatic carbocycles. The highest BCUT2D eigenvalue weighted by molar-refractivity contribution is 7.95. The fraction of sp³-hybridized carbons (Fsp3) is 0.0455. The molecular formula is C22H19NO3S.